The van der Waals surface area contributed by atoms with Gasteiger partial charge in [0.2, 0.25) is 0 Å². The van der Waals surface area contributed by atoms with Crippen molar-refractivity contribution in [3.05, 3.63) is 48.5 Å². The number of phenolic OH excluding ortho intramolecular Hbond substituents is 1. The normalized spacial score (nSPS) is 12.3. The Labute approximate surface area is 140 Å². The van der Waals surface area contributed by atoms with E-state index in [1.165, 1.54) is 19.3 Å². The summed E-state index contributed by atoms with van der Waals surface area (Å²) in [5.41, 5.74) is 2.22. The zero-order valence-electron chi connectivity index (χ0n) is 14.5. The minimum atomic E-state index is 0.292. The largest absolute Gasteiger partial charge is 0.508 e. The molecule has 0 fully saturated rings. The van der Waals surface area contributed by atoms with Gasteiger partial charge >= 0.3 is 0 Å². The molecular formula is C21H28O2. The number of hydrogen-bond acceptors (Lipinski definition) is 2. The summed E-state index contributed by atoms with van der Waals surface area (Å²) < 4.78 is 5.90. The van der Waals surface area contributed by atoms with Gasteiger partial charge in [0, 0.05) is 0 Å². The monoisotopic (exact) mass is 312 g/mol. The average Bonchev–Trinajstić information content (AvgIpc) is 2.54. The fraction of sp³-hybridized carbons (Fsp3) is 0.429. The van der Waals surface area contributed by atoms with Gasteiger partial charge in [-0.1, -0.05) is 57.9 Å². The highest BCUT2D eigenvalue weighted by Gasteiger charge is 2.05. The van der Waals surface area contributed by atoms with E-state index < -0.39 is 0 Å². The smallest absolute Gasteiger partial charge is 0.119 e. The third kappa shape index (κ3) is 5.97. The average molecular weight is 312 g/mol. The Bertz CT molecular complexity index is 570. The summed E-state index contributed by atoms with van der Waals surface area (Å²) in [5.74, 6) is 2.59. The molecule has 1 unspecified atom stereocenters. The molecule has 0 heterocycles. The molecule has 2 heteroatoms. The van der Waals surface area contributed by atoms with E-state index in [-0.39, 0.29) is 0 Å². The standard InChI is InChI=1S/C21H28O2/c1-16(2)5-4-6-17(3)15-23-21-13-9-19(10-14-21)18-7-11-20(22)12-8-18/h7-14,16-17,22H,4-6,15H2,1-3H3. The highest BCUT2D eigenvalue weighted by Crippen LogP contribution is 2.24. The maximum Gasteiger partial charge on any atom is 0.119 e. The molecule has 1 atom stereocenters. The molecule has 1 N–H and O–H groups in total. The third-order valence-corrected chi connectivity index (χ3v) is 4.07. The summed E-state index contributed by atoms with van der Waals surface area (Å²) in [6.45, 7) is 7.58. The lowest BCUT2D eigenvalue weighted by Crippen LogP contribution is -2.08. The van der Waals surface area contributed by atoms with E-state index in [1.54, 1.807) is 12.1 Å². The number of hydrogen-bond donors (Lipinski definition) is 1. The van der Waals surface area contributed by atoms with Crippen molar-refractivity contribution in [2.75, 3.05) is 6.61 Å². The van der Waals surface area contributed by atoms with Crippen LogP contribution in [0.5, 0.6) is 11.5 Å². The quantitative estimate of drug-likeness (QED) is 0.657. The second-order valence-electron chi connectivity index (χ2n) is 6.81. The molecule has 0 aliphatic heterocycles. The molecule has 2 rings (SSSR count). The van der Waals surface area contributed by atoms with Gasteiger partial charge in [-0.15, -0.1) is 0 Å². The minimum Gasteiger partial charge on any atom is -0.508 e. The number of phenols is 1. The van der Waals surface area contributed by atoms with Crippen molar-refractivity contribution < 1.29 is 9.84 Å². The van der Waals surface area contributed by atoms with Crippen LogP contribution in [-0.4, -0.2) is 11.7 Å². The Balaban J connectivity index is 1.82. The fourth-order valence-electron chi connectivity index (χ4n) is 2.59. The van der Waals surface area contributed by atoms with Gasteiger partial charge < -0.3 is 9.84 Å². The van der Waals surface area contributed by atoms with Crippen LogP contribution >= 0.6 is 0 Å². The van der Waals surface area contributed by atoms with Gasteiger partial charge in [-0.25, -0.2) is 0 Å². The fourth-order valence-corrected chi connectivity index (χ4v) is 2.59. The van der Waals surface area contributed by atoms with Crippen molar-refractivity contribution in [2.24, 2.45) is 11.8 Å². The first-order chi connectivity index (χ1) is 11.0. The molecule has 0 saturated carbocycles. The van der Waals surface area contributed by atoms with Crippen LogP contribution in [0.2, 0.25) is 0 Å². The SMILES string of the molecule is CC(C)CCCC(C)COc1ccc(-c2ccc(O)cc2)cc1. The Morgan fingerprint density at radius 2 is 1.39 bits per heavy atom. The molecule has 2 aromatic rings. The summed E-state index contributed by atoms with van der Waals surface area (Å²) in [5, 5.41) is 9.34. The van der Waals surface area contributed by atoms with Crippen LogP contribution in [-0.2, 0) is 0 Å². The second-order valence-corrected chi connectivity index (χ2v) is 6.81. The van der Waals surface area contributed by atoms with Gasteiger partial charge in [0.05, 0.1) is 6.61 Å². The predicted molar refractivity (Wildman–Crippen MR) is 96.9 cm³/mol. The maximum atomic E-state index is 9.34. The molecule has 0 saturated heterocycles. The first-order valence-corrected chi connectivity index (χ1v) is 8.57. The first kappa shape index (κ1) is 17.4. The summed E-state index contributed by atoms with van der Waals surface area (Å²) >= 11 is 0. The lowest BCUT2D eigenvalue weighted by Gasteiger charge is -2.14. The van der Waals surface area contributed by atoms with Crippen LogP contribution in [0.15, 0.2) is 48.5 Å². The molecule has 2 nitrogen and oxygen atoms in total. The van der Waals surface area contributed by atoms with E-state index in [4.69, 9.17) is 4.74 Å². The molecule has 0 aliphatic rings. The Morgan fingerprint density at radius 3 is 1.96 bits per heavy atom. The van der Waals surface area contributed by atoms with Gasteiger partial charge in [0.15, 0.2) is 0 Å². The third-order valence-electron chi connectivity index (χ3n) is 4.07. The summed E-state index contributed by atoms with van der Waals surface area (Å²) in [6.07, 6.45) is 3.80. The van der Waals surface area contributed by atoms with E-state index in [2.05, 4.69) is 32.9 Å². The van der Waals surface area contributed by atoms with Gasteiger partial charge in [-0.05, 0) is 53.6 Å². The van der Waals surface area contributed by atoms with Crippen LogP contribution in [0, 0.1) is 11.8 Å². The molecule has 23 heavy (non-hydrogen) atoms. The van der Waals surface area contributed by atoms with Gasteiger partial charge in [-0.3, -0.25) is 0 Å². The highest BCUT2D eigenvalue weighted by atomic mass is 16.5. The van der Waals surface area contributed by atoms with Crippen molar-refractivity contribution in [3.8, 4) is 22.6 Å². The van der Waals surface area contributed by atoms with Crippen LogP contribution in [0.4, 0.5) is 0 Å². The van der Waals surface area contributed by atoms with Crippen molar-refractivity contribution in [1.29, 1.82) is 0 Å². The number of aromatic hydroxyl groups is 1. The minimum absolute atomic E-state index is 0.292. The van der Waals surface area contributed by atoms with Crippen molar-refractivity contribution in [1.82, 2.24) is 0 Å². The predicted octanol–water partition coefficient (Wildman–Crippen LogP) is 5.90. The van der Waals surface area contributed by atoms with E-state index in [9.17, 15) is 5.11 Å². The maximum absolute atomic E-state index is 9.34. The molecule has 0 radical (unpaired) electrons. The van der Waals surface area contributed by atoms with Gasteiger partial charge in [-0.2, -0.15) is 0 Å². The lowest BCUT2D eigenvalue weighted by atomic mass is 10.0. The highest BCUT2D eigenvalue weighted by molar-refractivity contribution is 5.64. The topological polar surface area (TPSA) is 29.5 Å². The molecule has 0 bridgehead atoms. The zero-order valence-corrected chi connectivity index (χ0v) is 14.5. The molecule has 124 valence electrons. The lowest BCUT2D eigenvalue weighted by molar-refractivity contribution is 0.247. The van der Waals surface area contributed by atoms with Crippen molar-refractivity contribution >= 4 is 0 Å². The Hall–Kier alpha value is -1.96. The molecule has 0 aromatic heterocycles. The molecule has 2 aromatic carbocycles. The van der Waals surface area contributed by atoms with Gasteiger partial charge in [0.1, 0.15) is 11.5 Å². The molecule has 0 amide bonds. The zero-order chi connectivity index (χ0) is 16.7. The first-order valence-electron chi connectivity index (χ1n) is 8.57. The van der Waals surface area contributed by atoms with E-state index >= 15 is 0 Å². The second kappa shape index (κ2) is 8.61. The van der Waals surface area contributed by atoms with Crippen LogP contribution in [0.3, 0.4) is 0 Å². The van der Waals surface area contributed by atoms with Crippen LogP contribution in [0.25, 0.3) is 11.1 Å². The van der Waals surface area contributed by atoms with E-state index in [1.807, 2.05) is 24.3 Å². The molecule has 0 aliphatic carbocycles. The van der Waals surface area contributed by atoms with E-state index in [0.29, 0.717) is 11.7 Å². The summed E-state index contributed by atoms with van der Waals surface area (Å²) in [7, 11) is 0. The van der Waals surface area contributed by atoms with Gasteiger partial charge in [0.25, 0.3) is 0 Å². The number of ether oxygens (including phenoxy) is 1. The molecule has 0 spiro atoms. The van der Waals surface area contributed by atoms with Crippen LogP contribution < -0.4 is 4.74 Å². The summed E-state index contributed by atoms with van der Waals surface area (Å²) in [6, 6.07) is 15.4. The van der Waals surface area contributed by atoms with Crippen LogP contribution in [0.1, 0.15) is 40.0 Å². The van der Waals surface area contributed by atoms with Crippen molar-refractivity contribution in [2.45, 2.75) is 40.0 Å². The Kier molecular flexibility index (Phi) is 6.52. The number of benzene rings is 2. The van der Waals surface area contributed by atoms with E-state index in [0.717, 1.165) is 29.4 Å². The Morgan fingerprint density at radius 1 is 0.826 bits per heavy atom. The summed E-state index contributed by atoms with van der Waals surface area (Å²) in [4.78, 5) is 0. The number of rotatable bonds is 8. The van der Waals surface area contributed by atoms with Crippen molar-refractivity contribution in [3.63, 3.8) is 0 Å². The molecular weight excluding hydrogens is 284 g/mol.